The first-order valence-corrected chi connectivity index (χ1v) is 13.0. The lowest BCUT2D eigenvalue weighted by Gasteiger charge is -2.24. The molecule has 2 aromatic carbocycles. The largest absolute Gasteiger partial charge is 0.444 e. The van der Waals surface area contributed by atoms with E-state index in [-0.39, 0.29) is 24.0 Å². The molecule has 5 heteroatoms. The zero-order valence-electron chi connectivity index (χ0n) is 22.5. The summed E-state index contributed by atoms with van der Waals surface area (Å²) >= 11 is 0. The van der Waals surface area contributed by atoms with Crippen LogP contribution in [0.1, 0.15) is 98.1 Å². The molecule has 0 aliphatic heterocycles. The van der Waals surface area contributed by atoms with E-state index in [1.165, 1.54) is 0 Å². The summed E-state index contributed by atoms with van der Waals surface area (Å²) in [5.74, 6) is 0.606. The molecule has 0 radical (unpaired) electrons. The normalized spacial score (nSPS) is 11.7. The minimum absolute atomic E-state index is 0.0241. The third-order valence-corrected chi connectivity index (χ3v) is 5.31. The summed E-state index contributed by atoms with van der Waals surface area (Å²) in [6, 6.07) is 19.3. The highest BCUT2D eigenvalue weighted by Crippen LogP contribution is 2.20. The standard InChI is InChI=1S/C16H25NO2.C14H20O2/c1-5-6-12-14(13-10-8-7-9-11-13)17-15(18)19-16(2,3)4;1-3-8-12(9-4-2)14(15)16-13-10-6-5-7-11-13/h7-11,14H,5-6,12H2,1-4H3,(H,17,18);5-7,10-12H,3-4,8-9H2,1-2H3. The van der Waals surface area contributed by atoms with Gasteiger partial charge in [0.15, 0.2) is 0 Å². The van der Waals surface area contributed by atoms with Crippen molar-refractivity contribution in [1.29, 1.82) is 0 Å². The maximum atomic E-state index is 11.9. The number of esters is 1. The molecule has 0 aromatic heterocycles. The van der Waals surface area contributed by atoms with Crippen LogP contribution in [0.25, 0.3) is 0 Å². The summed E-state index contributed by atoms with van der Waals surface area (Å²) in [6.07, 6.45) is 6.65. The molecule has 0 spiro atoms. The van der Waals surface area contributed by atoms with Crippen molar-refractivity contribution in [1.82, 2.24) is 5.32 Å². The van der Waals surface area contributed by atoms with Crippen molar-refractivity contribution in [2.75, 3.05) is 0 Å². The Morgan fingerprint density at radius 1 is 0.800 bits per heavy atom. The number of unbranched alkanes of at least 4 members (excludes halogenated alkanes) is 1. The van der Waals surface area contributed by atoms with Crippen LogP contribution in [-0.4, -0.2) is 17.7 Å². The fourth-order valence-corrected chi connectivity index (χ4v) is 3.63. The summed E-state index contributed by atoms with van der Waals surface area (Å²) < 4.78 is 10.7. The van der Waals surface area contributed by atoms with Crippen LogP contribution in [0, 0.1) is 5.92 Å². The highest BCUT2D eigenvalue weighted by atomic mass is 16.6. The number of rotatable bonds is 11. The van der Waals surface area contributed by atoms with Crippen molar-refractivity contribution in [3.63, 3.8) is 0 Å². The van der Waals surface area contributed by atoms with E-state index in [0.29, 0.717) is 5.75 Å². The van der Waals surface area contributed by atoms with E-state index >= 15 is 0 Å². The number of alkyl carbamates (subject to hydrolysis) is 1. The van der Waals surface area contributed by atoms with Gasteiger partial charge in [-0.15, -0.1) is 0 Å². The highest BCUT2D eigenvalue weighted by molar-refractivity contribution is 5.75. The predicted octanol–water partition coefficient (Wildman–Crippen LogP) is 8.25. The Morgan fingerprint density at radius 2 is 1.34 bits per heavy atom. The van der Waals surface area contributed by atoms with E-state index in [1.807, 2.05) is 81.4 Å². The number of carbonyl (C=O) groups is 2. The summed E-state index contributed by atoms with van der Waals surface area (Å²) in [5, 5.41) is 2.96. The monoisotopic (exact) mass is 483 g/mol. The van der Waals surface area contributed by atoms with Crippen molar-refractivity contribution in [2.45, 2.75) is 98.1 Å². The Kier molecular flexibility index (Phi) is 14.5. The molecule has 1 atom stereocenters. The zero-order chi connectivity index (χ0) is 26.1. The lowest BCUT2D eigenvalue weighted by molar-refractivity contribution is -0.139. The molecule has 0 bridgehead atoms. The van der Waals surface area contributed by atoms with Gasteiger partial charge in [-0.25, -0.2) is 4.79 Å². The Morgan fingerprint density at radius 3 is 1.83 bits per heavy atom. The number of ether oxygens (including phenoxy) is 2. The van der Waals surface area contributed by atoms with Crippen LogP contribution in [0.4, 0.5) is 4.79 Å². The van der Waals surface area contributed by atoms with Gasteiger partial charge in [0.2, 0.25) is 0 Å². The van der Waals surface area contributed by atoms with Gasteiger partial charge in [0.05, 0.1) is 12.0 Å². The second-order valence-corrected chi connectivity index (χ2v) is 9.76. The molecular weight excluding hydrogens is 438 g/mol. The summed E-state index contributed by atoms with van der Waals surface area (Å²) in [4.78, 5) is 23.7. The summed E-state index contributed by atoms with van der Waals surface area (Å²) in [7, 11) is 0. The van der Waals surface area contributed by atoms with Gasteiger partial charge in [-0.3, -0.25) is 4.79 Å². The fourth-order valence-electron chi connectivity index (χ4n) is 3.63. The highest BCUT2D eigenvalue weighted by Gasteiger charge is 2.20. The van der Waals surface area contributed by atoms with Gasteiger partial charge in [-0.2, -0.15) is 0 Å². The van der Waals surface area contributed by atoms with Gasteiger partial charge in [-0.05, 0) is 57.7 Å². The first-order valence-electron chi connectivity index (χ1n) is 13.0. The average molecular weight is 484 g/mol. The van der Waals surface area contributed by atoms with Gasteiger partial charge in [0.1, 0.15) is 11.4 Å². The zero-order valence-corrected chi connectivity index (χ0v) is 22.5. The molecule has 2 rings (SSSR count). The van der Waals surface area contributed by atoms with Crippen LogP contribution in [0.3, 0.4) is 0 Å². The number of hydrogen-bond acceptors (Lipinski definition) is 4. The van der Waals surface area contributed by atoms with Gasteiger partial charge >= 0.3 is 12.1 Å². The van der Waals surface area contributed by atoms with Crippen molar-refractivity contribution in [2.24, 2.45) is 5.92 Å². The van der Waals surface area contributed by atoms with Gasteiger partial charge in [-0.1, -0.05) is 95.0 Å². The average Bonchev–Trinajstić information content (AvgIpc) is 2.82. The van der Waals surface area contributed by atoms with Gasteiger partial charge in [0.25, 0.3) is 0 Å². The number of para-hydroxylation sites is 1. The molecule has 0 saturated heterocycles. The van der Waals surface area contributed by atoms with E-state index in [0.717, 1.165) is 50.5 Å². The minimum Gasteiger partial charge on any atom is -0.444 e. The SMILES string of the molecule is CCCC(CCC)C(=O)Oc1ccccc1.CCCCC(NC(=O)OC(C)(C)C)c1ccccc1. The van der Waals surface area contributed by atoms with E-state index in [9.17, 15) is 9.59 Å². The Bertz CT molecular complexity index is 824. The van der Waals surface area contributed by atoms with E-state index in [1.54, 1.807) is 0 Å². The summed E-state index contributed by atoms with van der Waals surface area (Å²) in [6.45, 7) is 12.0. The number of amides is 1. The number of benzene rings is 2. The number of hydrogen-bond donors (Lipinski definition) is 1. The van der Waals surface area contributed by atoms with Crippen LogP contribution in [0.15, 0.2) is 60.7 Å². The molecule has 35 heavy (non-hydrogen) atoms. The second-order valence-electron chi connectivity index (χ2n) is 9.76. The molecule has 1 amide bonds. The van der Waals surface area contributed by atoms with Crippen molar-refractivity contribution < 1.29 is 19.1 Å². The number of nitrogens with one attached hydrogen (secondary N) is 1. The lowest BCUT2D eigenvalue weighted by atomic mass is 9.99. The van der Waals surface area contributed by atoms with Crippen molar-refractivity contribution in [3.05, 3.63) is 66.2 Å². The van der Waals surface area contributed by atoms with Crippen molar-refractivity contribution >= 4 is 12.1 Å². The lowest BCUT2D eigenvalue weighted by Crippen LogP contribution is -2.35. The molecule has 0 saturated carbocycles. The van der Waals surface area contributed by atoms with Crippen molar-refractivity contribution in [3.8, 4) is 5.75 Å². The second kappa shape index (κ2) is 16.7. The van der Waals surface area contributed by atoms with Crippen LogP contribution in [0.5, 0.6) is 5.75 Å². The van der Waals surface area contributed by atoms with Crippen LogP contribution < -0.4 is 10.1 Å². The first kappa shape index (κ1) is 30.2. The molecule has 0 aliphatic rings. The topological polar surface area (TPSA) is 64.6 Å². The molecule has 5 nitrogen and oxygen atoms in total. The predicted molar refractivity (Wildman–Crippen MR) is 143 cm³/mol. The quantitative estimate of drug-likeness (QED) is 0.258. The third-order valence-electron chi connectivity index (χ3n) is 5.31. The fraction of sp³-hybridized carbons (Fsp3) is 0.533. The molecule has 0 heterocycles. The maximum Gasteiger partial charge on any atom is 0.408 e. The van der Waals surface area contributed by atoms with E-state index in [4.69, 9.17) is 9.47 Å². The Labute approximate surface area is 212 Å². The Balaban J connectivity index is 0.000000355. The molecular formula is C30H45NO4. The molecule has 2 aromatic rings. The van der Waals surface area contributed by atoms with Gasteiger partial charge < -0.3 is 14.8 Å². The minimum atomic E-state index is -0.462. The van der Waals surface area contributed by atoms with Crippen LogP contribution >= 0.6 is 0 Å². The molecule has 1 unspecified atom stereocenters. The summed E-state index contributed by atoms with van der Waals surface area (Å²) in [5.41, 5.74) is 0.664. The maximum absolute atomic E-state index is 11.9. The third kappa shape index (κ3) is 13.6. The van der Waals surface area contributed by atoms with Crippen LogP contribution in [0.2, 0.25) is 0 Å². The Hall–Kier alpha value is -2.82. The smallest absolute Gasteiger partial charge is 0.408 e. The first-order chi connectivity index (χ1) is 16.7. The van der Waals surface area contributed by atoms with E-state index < -0.39 is 5.60 Å². The van der Waals surface area contributed by atoms with Crippen LogP contribution in [-0.2, 0) is 9.53 Å². The van der Waals surface area contributed by atoms with E-state index in [2.05, 4.69) is 26.1 Å². The molecule has 194 valence electrons. The molecule has 0 aliphatic carbocycles. The van der Waals surface area contributed by atoms with Gasteiger partial charge in [0, 0.05) is 0 Å². The molecule has 0 fully saturated rings. The number of carbonyl (C=O) groups excluding carboxylic acids is 2. The molecule has 1 N–H and O–H groups in total.